The largest absolute Gasteiger partial charge is 0.463 e. The minimum absolute atomic E-state index is 0.344. The van der Waals surface area contributed by atoms with Crippen LogP contribution in [0.1, 0.15) is 44.5 Å². The molecule has 0 saturated heterocycles. The molecule has 0 N–H and O–H groups in total. The summed E-state index contributed by atoms with van der Waals surface area (Å²) in [7, 11) is 0. The number of hydrogen-bond donors (Lipinski definition) is 0. The second-order valence-corrected chi connectivity index (χ2v) is 7.48. The van der Waals surface area contributed by atoms with Gasteiger partial charge in [0.2, 0.25) is 0 Å². The highest BCUT2D eigenvalue weighted by molar-refractivity contribution is 5.99. The Bertz CT molecular complexity index is 1050. The number of hydrogen-bond acceptors (Lipinski definition) is 5. The summed E-state index contributed by atoms with van der Waals surface area (Å²) in [6, 6.07) is 2.10. The fourth-order valence-corrected chi connectivity index (χ4v) is 3.45. The fraction of sp³-hybridized carbons (Fsp3) is 0.391. The van der Waals surface area contributed by atoms with Crippen LogP contribution in [-0.4, -0.2) is 32.3 Å². The maximum absolute atomic E-state index is 12.0. The molecule has 0 unspecified atom stereocenters. The van der Waals surface area contributed by atoms with E-state index in [-0.39, 0.29) is 5.97 Å². The molecule has 3 aromatic heterocycles. The molecule has 0 fully saturated rings. The van der Waals surface area contributed by atoms with Gasteiger partial charge in [0.05, 0.1) is 18.5 Å². The third-order valence-corrected chi connectivity index (χ3v) is 4.64. The Morgan fingerprint density at radius 2 is 2.03 bits per heavy atom. The Hall–Kier alpha value is -3.02. The standard InChI is InChI=1S/C23H28N4O2/c1-6-27-23-19(14-25-27)22(17-11-16(5)12-24-13-17)18(8-9-21(28)29-7-2)20(26-23)10-15(3)4/h8-9,11-15H,6-7,10H2,1-5H3. The van der Waals surface area contributed by atoms with Gasteiger partial charge in [-0.05, 0) is 50.8 Å². The van der Waals surface area contributed by atoms with E-state index in [0.29, 0.717) is 12.5 Å². The van der Waals surface area contributed by atoms with Crippen molar-refractivity contribution in [3.05, 3.63) is 47.6 Å². The van der Waals surface area contributed by atoms with Crippen molar-refractivity contribution in [2.45, 2.75) is 47.6 Å². The summed E-state index contributed by atoms with van der Waals surface area (Å²) < 4.78 is 6.99. The first-order valence-corrected chi connectivity index (χ1v) is 10.1. The van der Waals surface area contributed by atoms with E-state index in [0.717, 1.165) is 51.9 Å². The Morgan fingerprint density at radius 1 is 1.24 bits per heavy atom. The van der Waals surface area contributed by atoms with E-state index < -0.39 is 0 Å². The second kappa shape index (κ2) is 8.99. The van der Waals surface area contributed by atoms with E-state index >= 15 is 0 Å². The van der Waals surface area contributed by atoms with Crippen LogP contribution >= 0.6 is 0 Å². The van der Waals surface area contributed by atoms with Gasteiger partial charge in [0.25, 0.3) is 0 Å². The molecule has 0 spiro atoms. The molecule has 0 aliphatic rings. The molecule has 29 heavy (non-hydrogen) atoms. The summed E-state index contributed by atoms with van der Waals surface area (Å²) in [5.41, 5.74) is 5.78. The highest BCUT2D eigenvalue weighted by atomic mass is 16.5. The normalized spacial score (nSPS) is 11.7. The van der Waals surface area contributed by atoms with Crippen LogP contribution in [-0.2, 0) is 22.5 Å². The lowest BCUT2D eigenvalue weighted by Gasteiger charge is -2.15. The van der Waals surface area contributed by atoms with E-state index in [4.69, 9.17) is 9.72 Å². The van der Waals surface area contributed by atoms with Gasteiger partial charge < -0.3 is 4.74 Å². The van der Waals surface area contributed by atoms with Crippen molar-refractivity contribution in [1.29, 1.82) is 0 Å². The number of carbonyl (C=O) groups excluding carboxylic acids is 1. The Balaban J connectivity index is 2.33. The maximum Gasteiger partial charge on any atom is 0.330 e. The molecule has 0 aromatic carbocycles. The van der Waals surface area contributed by atoms with Crippen molar-refractivity contribution in [2.75, 3.05) is 6.61 Å². The van der Waals surface area contributed by atoms with Crippen LogP contribution in [0.5, 0.6) is 0 Å². The smallest absolute Gasteiger partial charge is 0.330 e. The van der Waals surface area contributed by atoms with Gasteiger partial charge in [-0.1, -0.05) is 13.8 Å². The quantitative estimate of drug-likeness (QED) is 0.434. The molecule has 3 rings (SSSR count). The first kappa shape index (κ1) is 20.7. The molecule has 0 bridgehead atoms. The van der Waals surface area contributed by atoms with E-state index in [1.54, 1.807) is 6.92 Å². The molecule has 0 atom stereocenters. The SMILES string of the molecule is CCOC(=O)C=Cc1c(CC(C)C)nc2c(cnn2CC)c1-c1cncc(C)c1. The average Bonchev–Trinajstić information content (AvgIpc) is 3.08. The average molecular weight is 393 g/mol. The molecule has 0 radical (unpaired) electrons. The molecule has 6 heteroatoms. The van der Waals surface area contributed by atoms with Crippen LogP contribution < -0.4 is 0 Å². The number of aryl methyl sites for hydroxylation is 2. The molecule has 3 aromatic rings. The van der Waals surface area contributed by atoms with Crippen LogP contribution in [0.3, 0.4) is 0 Å². The molecular formula is C23H28N4O2. The van der Waals surface area contributed by atoms with Crippen molar-refractivity contribution in [3.8, 4) is 11.1 Å². The van der Waals surface area contributed by atoms with Crippen LogP contribution in [0.2, 0.25) is 0 Å². The fourth-order valence-electron chi connectivity index (χ4n) is 3.45. The third-order valence-electron chi connectivity index (χ3n) is 4.64. The molecule has 6 nitrogen and oxygen atoms in total. The van der Waals surface area contributed by atoms with Gasteiger partial charge in [-0.15, -0.1) is 0 Å². The summed E-state index contributed by atoms with van der Waals surface area (Å²) in [6.07, 6.45) is 9.63. The first-order valence-electron chi connectivity index (χ1n) is 10.1. The van der Waals surface area contributed by atoms with Gasteiger partial charge in [0, 0.05) is 47.1 Å². The minimum Gasteiger partial charge on any atom is -0.463 e. The maximum atomic E-state index is 12.0. The van der Waals surface area contributed by atoms with E-state index in [2.05, 4.69) is 36.9 Å². The van der Waals surface area contributed by atoms with E-state index in [1.807, 2.05) is 36.3 Å². The Morgan fingerprint density at radius 3 is 2.69 bits per heavy atom. The summed E-state index contributed by atoms with van der Waals surface area (Å²) in [5.74, 6) is 0.0526. The minimum atomic E-state index is -0.360. The predicted octanol–water partition coefficient (Wildman–Crippen LogP) is 4.60. The number of carbonyl (C=O) groups is 1. The first-order chi connectivity index (χ1) is 13.9. The van der Waals surface area contributed by atoms with Gasteiger partial charge in [0.15, 0.2) is 5.65 Å². The monoisotopic (exact) mass is 392 g/mol. The molecule has 0 aliphatic heterocycles. The molecule has 0 aliphatic carbocycles. The van der Waals surface area contributed by atoms with Crippen molar-refractivity contribution in [2.24, 2.45) is 5.92 Å². The molecule has 0 saturated carbocycles. The van der Waals surface area contributed by atoms with Crippen molar-refractivity contribution >= 4 is 23.1 Å². The number of pyridine rings is 2. The van der Waals surface area contributed by atoms with Gasteiger partial charge in [-0.3, -0.25) is 4.98 Å². The van der Waals surface area contributed by atoms with Crippen molar-refractivity contribution in [1.82, 2.24) is 19.7 Å². The third kappa shape index (κ3) is 4.53. The van der Waals surface area contributed by atoms with Crippen molar-refractivity contribution in [3.63, 3.8) is 0 Å². The van der Waals surface area contributed by atoms with Crippen LogP contribution in [0.4, 0.5) is 0 Å². The topological polar surface area (TPSA) is 69.9 Å². The predicted molar refractivity (Wildman–Crippen MR) is 115 cm³/mol. The lowest BCUT2D eigenvalue weighted by atomic mass is 9.93. The highest BCUT2D eigenvalue weighted by Gasteiger charge is 2.19. The lowest BCUT2D eigenvalue weighted by molar-refractivity contribution is -0.137. The summed E-state index contributed by atoms with van der Waals surface area (Å²) in [5, 5.41) is 5.48. The zero-order chi connectivity index (χ0) is 21.0. The van der Waals surface area contributed by atoms with Crippen LogP contribution in [0.15, 0.2) is 30.7 Å². The lowest BCUT2D eigenvalue weighted by Crippen LogP contribution is -2.06. The zero-order valence-electron chi connectivity index (χ0n) is 17.8. The van der Waals surface area contributed by atoms with Gasteiger partial charge in [-0.2, -0.15) is 5.10 Å². The Kier molecular flexibility index (Phi) is 6.42. The summed E-state index contributed by atoms with van der Waals surface area (Å²) in [4.78, 5) is 21.4. The van der Waals surface area contributed by atoms with Crippen molar-refractivity contribution < 1.29 is 9.53 Å². The molecule has 152 valence electrons. The molecule has 3 heterocycles. The number of ether oxygens (including phenoxy) is 1. The van der Waals surface area contributed by atoms with Crippen LogP contribution in [0.25, 0.3) is 28.2 Å². The number of esters is 1. The summed E-state index contributed by atoms with van der Waals surface area (Å²) in [6.45, 7) is 11.3. The second-order valence-electron chi connectivity index (χ2n) is 7.48. The van der Waals surface area contributed by atoms with Gasteiger partial charge in [-0.25, -0.2) is 14.5 Å². The van der Waals surface area contributed by atoms with Gasteiger partial charge in [0.1, 0.15) is 0 Å². The number of aromatic nitrogens is 4. The summed E-state index contributed by atoms with van der Waals surface area (Å²) >= 11 is 0. The van der Waals surface area contributed by atoms with E-state index in [1.165, 1.54) is 6.08 Å². The molecular weight excluding hydrogens is 364 g/mol. The Labute approximate surface area is 171 Å². The number of nitrogens with zero attached hydrogens (tertiary/aromatic N) is 4. The number of rotatable bonds is 7. The highest BCUT2D eigenvalue weighted by Crippen LogP contribution is 2.35. The van der Waals surface area contributed by atoms with Crippen LogP contribution in [0, 0.1) is 12.8 Å². The number of fused-ring (bicyclic) bond motifs is 1. The molecule has 0 amide bonds. The zero-order valence-corrected chi connectivity index (χ0v) is 17.8. The van der Waals surface area contributed by atoms with Gasteiger partial charge >= 0.3 is 5.97 Å². The van der Waals surface area contributed by atoms with E-state index in [9.17, 15) is 4.79 Å².